The molecule has 2 radical (unpaired) electrons. The maximum Gasteiger partial charge on any atom is 0.409 e. The Balaban J connectivity index is 0.000000568. The first-order valence-corrected chi connectivity index (χ1v) is 18.3. The Morgan fingerprint density at radius 2 is 1.27 bits per heavy atom. The second-order valence-corrected chi connectivity index (χ2v) is 17.5. The summed E-state index contributed by atoms with van der Waals surface area (Å²) < 4.78 is 16.7. The zero-order valence-corrected chi connectivity index (χ0v) is 25.1. The van der Waals surface area contributed by atoms with Gasteiger partial charge in [0.2, 0.25) is 0 Å². The molecule has 0 aromatic rings. The van der Waals surface area contributed by atoms with Gasteiger partial charge in [-0.3, -0.25) is 0 Å². The van der Waals surface area contributed by atoms with Gasteiger partial charge in [-0.2, -0.15) is 9.34 Å². The van der Waals surface area contributed by atoms with Gasteiger partial charge in [-0.1, -0.05) is 64.5 Å². The number of ether oxygens (including phenoxy) is 2. The molecular formula is C25H51BFeN2O2PSi+. The number of rotatable bonds is 9. The van der Waals surface area contributed by atoms with Gasteiger partial charge >= 0.3 is 7.57 Å². The predicted octanol–water partition coefficient (Wildman–Crippen LogP) is 5.89. The van der Waals surface area contributed by atoms with Crippen LogP contribution in [0.1, 0.15) is 84.0 Å². The van der Waals surface area contributed by atoms with Gasteiger partial charge in [0.1, 0.15) is 7.44 Å². The molecule has 5 atom stereocenters. The molecule has 8 heteroatoms. The van der Waals surface area contributed by atoms with Gasteiger partial charge in [0.25, 0.3) is 0 Å². The van der Waals surface area contributed by atoms with Crippen molar-refractivity contribution in [2.24, 2.45) is 0 Å². The molecule has 3 saturated carbocycles. The molecule has 4 aliphatic rings. The van der Waals surface area contributed by atoms with E-state index in [0.29, 0.717) is 12.1 Å². The summed E-state index contributed by atoms with van der Waals surface area (Å²) in [5.41, 5.74) is 1.64. The first-order chi connectivity index (χ1) is 15.6. The van der Waals surface area contributed by atoms with E-state index < -0.39 is 16.2 Å². The molecule has 0 aromatic heterocycles. The molecule has 1 saturated heterocycles. The van der Waals surface area contributed by atoms with E-state index in [1.807, 2.05) is 14.2 Å². The Labute approximate surface area is 219 Å². The standard InChI is InChI=1S/C20H41BN2O2PSi.C5H10.Fe/c1-5-27(4)20-12-8-11-19(20)26(21)22(13-15-24-2)17-9-6-7-10-18(17)23(26)14-16-25-3;1-2-4-5-3-1;/h17-20,27H,5-16H2,1-4H3;1-5H2;/q+1;;. The SMILES string of the molecule is C1CCCC1.[B][P+]1(C2CCCC2[SiH](C)CC)N(CCOC)C2CCCCC2N1CCOC.[Fe]. The number of methoxy groups -OCH3 is 2. The van der Waals surface area contributed by atoms with E-state index in [1.54, 1.807) is 0 Å². The van der Waals surface area contributed by atoms with Crippen LogP contribution in [0.25, 0.3) is 0 Å². The van der Waals surface area contributed by atoms with Crippen molar-refractivity contribution in [2.75, 3.05) is 40.5 Å². The quantitative estimate of drug-likeness (QED) is 0.271. The zero-order valence-electron chi connectivity index (χ0n) is 22.0. The van der Waals surface area contributed by atoms with E-state index in [1.165, 1.54) is 83.1 Å². The molecule has 1 aliphatic heterocycles. The van der Waals surface area contributed by atoms with E-state index >= 15 is 0 Å². The number of hydrogen-bond donors (Lipinski definition) is 0. The van der Waals surface area contributed by atoms with E-state index in [0.717, 1.165) is 37.5 Å². The second kappa shape index (κ2) is 15.4. The third-order valence-electron chi connectivity index (χ3n) is 8.98. The van der Waals surface area contributed by atoms with Crippen LogP contribution in [0.5, 0.6) is 0 Å². The van der Waals surface area contributed by atoms with Crippen LogP contribution >= 0.6 is 7.44 Å². The fraction of sp³-hybridized carbons (Fsp3) is 1.00. The topological polar surface area (TPSA) is 24.9 Å². The Morgan fingerprint density at radius 3 is 1.70 bits per heavy atom. The summed E-state index contributed by atoms with van der Waals surface area (Å²) in [4.78, 5) is 0. The average Bonchev–Trinajstić information content (AvgIpc) is 3.58. The van der Waals surface area contributed by atoms with Crippen LogP contribution in [0.15, 0.2) is 0 Å². The molecule has 1 heterocycles. The Morgan fingerprint density at radius 1 is 0.788 bits per heavy atom. The minimum atomic E-state index is -1.83. The van der Waals surface area contributed by atoms with Crippen molar-refractivity contribution >= 4 is 23.8 Å². The van der Waals surface area contributed by atoms with Gasteiger partial charge in [0.15, 0.2) is 0 Å². The summed E-state index contributed by atoms with van der Waals surface area (Å²) in [5, 5.41) is 0. The molecule has 4 nitrogen and oxygen atoms in total. The van der Waals surface area contributed by atoms with Crippen LogP contribution in [-0.4, -0.2) is 84.0 Å². The van der Waals surface area contributed by atoms with Gasteiger partial charge in [-0.15, -0.1) is 0 Å². The largest absolute Gasteiger partial charge is 0.409 e. The minimum absolute atomic E-state index is 0. The van der Waals surface area contributed by atoms with Gasteiger partial charge in [-0.25, -0.2) is 0 Å². The normalized spacial score (nSPS) is 35.5. The maximum atomic E-state index is 7.65. The molecule has 4 fully saturated rings. The summed E-state index contributed by atoms with van der Waals surface area (Å²) in [7, 11) is 8.77. The van der Waals surface area contributed by atoms with E-state index in [2.05, 4.69) is 22.8 Å². The fourth-order valence-corrected chi connectivity index (χ4v) is 15.7. The summed E-state index contributed by atoms with van der Waals surface area (Å²) in [6, 6.07) is 2.69. The number of fused-ring (bicyclic) bond motifs is 1. The smallest absolute Gasteiger partial charge is 0.383 e. The summed E-state index contributed by atoms with van der Waals surface area (Å²) in [6.45, 7) is 8.63. The van der Waals surface area contributed by atoms with Crippen LogP contribution in [0.4, 0.5) is 0 Å². The average molecular weight is 537 g/mol. The number of nitrogens with zero attached hydrogens (tertiary/aromatic N) is 2. The summed E-state index contributed by atoms with van der Waals surface area (Å²) >= 11 is 0. The van der Waals surface area contributed by atoms with Crippen molar-refractivity contribution in [3.05, 3.63) is 0 Å². The molecule has 0 N–H and O–H groups in total. The van der Waals surface area contributed by atoms with Crippen LogP contribution in [0.3, 0.4) is 0 Å². The Kier molecular flexibility index (Phi) is 14.1. The van der Waals surface area contributed by atoms with Crippen molar-refractivity contribution in [3.8, 4) is 0 Å². The molecule has 3 aliphatic carbocycles. The van der Waals surface area contributed by atoms with Gasteiger partial charge < -0.3 is 9.47 Å². The van der Waals surface area contributed by atoms with E-state index in [4.69, 9.17) is 17.0 Å². The van der Waals surface area contributed by atoms with E-state index in [9.17, 15) is 0 Å². The van der Waals surface area contributed by atoms with Crippen LogP contribution < -0.4 is 0 Å². The summed E-state index contributed by atoms with van der Waals surface area (Å²) in [5.74, 6) is 0. The van der Waals surface area contributed by atoms with Gasteiger partial charge in [-0.05, 0) is 37.6 Å². The third-order valence-corrected chi connectivity index (χ3v) is 17.1. The van der Waals surface area contributed by atoms with Crippen LogP contribution in [-0.2, 0) is 26.5 Å². The molecule has 33 heavy (non-hydrogen) atoms. The third kappa shape index (κ3) is 7.10. The summed E-state index contributed by atoms with van der Waals surface area (Å²) in [6.07, 6.45) is 17.0. The molecule has 192 valence electrons. The van der Waals surface area contributed by atoms with E-state index in [-0.39, 0.29) is 17.1 Å². The molecular weight excluding hydrogens is 486 g/mol. The predicted molar refractivity (Wildman–Crippen MR) is 144 cm³/mol. The van der Waals surface area contributed by atoms with Crippen molar-refractivity contribution in [1.29, 1.82) is 0 Å². The van der Waals surface area contributed by atoms with Crippen LogP contribution in [0, 0.1) is 0 Å². The molecule has 0 bridgehead atoms. The van der Waals surface area contributed by atoms with Crippen molar-refractivity contribution in [3.63, 3.8) is 0 Å². The second-order valence-electron chi connectivity index (χ2n) is 10.7. The monoisotopic (exact) mass is 537 g/mol. The molecule has 0 aromatic carbocycles. The first-order valence-electron chi connectivity index (χ1n) is 13.8. The Hall–Kier alpha value is 1.07. The molecule has 0 spiro atoms. The minimum Gasteiger partial charge on any atom is -0.383 e. The first kappa shape index (κ1) is 30.3. The molecule has 0 amide bonds. The van der Waals surface area contributed by atoms with Crippen molar-refractivity contribution < 1.29 is 26.5 Å². The fourth-order valence-electron chi connectivity index (χ4n) is 7.10. The molecule has 4 rings (SSSR count). The van der Waals surface area contributed by atoms with Gasteiger partial charge in [0, 0.05) is 40.1 Å². The maximum absolute atomic E-state index is 7.65. The number of hydrogen-bond acceptors (Lipinski definition) is 4. The van der Waals surface area contributed by atoms with Crippen molar-refractivity contribution in [2.45, 2.75) is 120 Å². The Bertz CT molecular complexity index is 517. The van der Waals surface area contributed by atoms with Crippen molar-refractivity contribution in [1.82, 2.24) is 9.34 Å². The molecule has 5 unspecified atom stereocenters. The van der Waals surface area contributed by atoms with Crippen LogP contribution in [0.2, 0.25) is 18.1 Å². The zero-order chi connectivity index (χ0) is 23.0. The van der Waals surface area contributed by atoms with Gasteiger partial charge in [0.05, 0.1) is 44.0 Å².